The summed E-state index contributed by atoms with van der Waals surface area (Å²) in [6.45, 7) is -0.124. The van der Waals surface area contributed by atoms with E-state index in [-0.39, 0.29) is 5.75 Å². The first-order valence-electron chi connectivity index (χ1n) is 5.89. The molecule has 0 aliphatic rings. The Morgan fingerprint density at radius 2 is 2.26 bits per heavy atom. The van der Waals surface area contributed by atoms with Gasteiger partial charge in [-0.25, -0.2) is 4.98 Å². The number of aryl methyl sites for hydroxylation is 1. The molecule has 0 unspecified atom stereocenters. The molecule has 1 aromatic carbocycles. The molecule has 0 bridgehead atoms. The van der Waals surface area contributed by atoms with Gasteiger partial charge in [0.05, 0.1) is 11.6 Å². The standard InChI is InChI=1S/C13H14F2N2OS/c1-2-12-17-8-11(19-12)7-16-9-4-3-5-10(6-9)18-13(14)15/h3-6,8,13,16H,2,7H2,1H3. The van der Waals surface area contributed by atoms with Crippen LogP contribution in [0.5, 0.6) is 5.75 Å². The summed E-state index contributed by atoms with van der Waals surface area (Å²) >= 11 is 1.64. The SMILES string of the molecule is CCc1ncc(CNc2cccc(OC(F)F)c2)s1. The van der Waals surface area contributed by atoms with Gasteiger partial charge in [-0.05, 0) is 18.6 Å². The van der Waals surface area contributed by atoms with Crippen molar-refractivity contribution >= 4 is 17.0 Å². The van der Waals surface area contributed by atoms with Crippen LogP contribution in [0.1, 0.15) is 16.8 Å². The van der Waals surface area contributed by atoms with Crippen LogP contribution in [0.25, 0.3) is 0 Å². The Morgan fingerprint density at radius 3 is 2.95 bits per heavy atom. The summed E-state index contributed by atoms with van der Waals surface area (Å²) in [4.78, 5) is 5.37. The molecule has 6 heteroatoms. The molecule has 0 aliphatic carbocycles. The predicted octanol–water partition coefficient (Wildman–Crippen LogP) is 3.92. The highest BCUT2D eigenvalue weighted by Crippen LogP contribution is 2.21. The smallest absolute Gasteiger partial charge is 0.387 e. The summed E-state index contributed by atoms with van der Waals surface area (Å²) in [6.07, 6.45) is 2.75. The van der Waals surface area contributed by atoms with E-state index < -0.39 is 6.61 Å². The lowest BCUT2D eigenvalue weighted by molar-refractivity contribution is -0.0498. The number of nitrogens with zero attached hydrogens (tertiary/aromatic N) is 1. The average molecular weight is 284 g/mol. The molecule has 1 N–H and O–H groups in total. The Bertz CT molecular complexity index is 531. The van der Waals surface area contributed by atoms with E-state index in [0.29, 0.717) is 6.54 Å². The van der Waals surface area contributed by atoms with Gasteiger partial charge in [-0.1, -0.05) is 13.0 Å². The summed E-state index contributed by atoms with van der Waals surface area (Å²) in [6, 6.07) is 6.53. The van der Waals surface area contributed by atoms with Crippen LogP contribution in [0.3, 0.4) is 0 Å². The van der Waals surface area contributed by atoms with Gasteiger partial charge in [-0.15, -0.1) is 11.3 Å². The molecule has 0 spiro atoms. The molecule has 0 aliphatic heterocycles. The molecule has 2 aromatic rings. The van der Waals surface area contributed by atoms with E-state index >= 15 is 0 Å². The van der Waals surface area contributed by atoms with Crippen LogP contribution in [-0.2, 0) is 13.0 Å². The van der Waals surface area contributed by atoms with Crippen LogP contribution < -0.4 is 10.1 Å². The van der Waals surface area contributed by atoms with Gasteiger partial charge in [0.1, 0.15) is 5.75 Å². The van der Waals surface area contributed by atoms with Crippen LogP contribution in [0, 0.1) is 0 Å². The van der Waals surface area contributed by atoms with Gasteiger partial charge in [0.25, 0.3) is 0 Å². The molecular formula is C13H14F2N2OS. The van der Waals surface area contributed by atoms with Crippen LogP contribution in [0.4, 0.5) is 14.5 Å². The maximum absolute atomic E-state index is 12.1. The van der Waals surface area contributed by atoms with E-state index in [1.165, 1.54) is 6.07 Å². The van der Waals surface area contributed by atoms with Crippen LogP contribution in [-0.4, -0.2) is 11.6 Å². The molecule has 3 nitrogen and oxygen atoms in total. The predicted molar refractivity (Wildman–Crippen MR) is 71.9 cm³/mol. The van der Waals surface area contributed by atoms with Crippen molar-refractivity contribution in [3.05, 3.63) is 40.3 Å². The normalized spacial score (nSPS) is 10.7. The molecule has 102 valence electrons. The van der Waals surface area contributed by atoms with Crippen molar-refractivity contribution in [3.63, 3.8) is 0 Å². The third-order valence-electron chi connectivity index (χ3n) is 2.43. The van der Waals surface area contributed by atoms with E-state index in [1.54, 1.807) is 29.5 Å². The first-order chi connectivity index (χ1) is 9.17. The second-order valence-corrected chi connectivity index (χ2v) is 5.03. The van der Waals surface area contributed by atoms with Crippen molar-refractivity contribution in [3.8, 4) is 5.75 Å². The topological polar surface area (TPSA) is 34.2 Å². The van der Waals surface area contributed by atoms with Crippen molar-refractivity contribution in [2.24, 2.45) is 0 Å². The molecule has 0 fully saturated rings. The maximum atomic E-state index is 12.1. The number of aromatic nitrogens is 1. The number of alkyl halides is 2. The van der Waals surface area contributed by atoms with Crippen LogP contribution >= 0.6 is 11.3 Å². The van der Waals surface area contributed by atoms with E-state index in [0.717, 1.165) is 22.0 Å². The highest BCUT2D eigenvalue weighted by molar-refractivity contribution is 7.11. The summed E-state index contributed by atoms with van der Waals surface area (Å²) in [5.41, 5.74) is 0.740. The molecular weight excluding hydrogens is 270 g/mol. The lowest BCUT2D eigenvalue weighted by atomic mass is 10.3. The van der Waals surface area contributed by atoms with Crippen molar-refractivity contribution < 1.29 is 13.5 Å². The second-order valence-electron chi connectivity index (χ2n) is 3.83. The van der Waals surface area contributed by atoms with Gasteiger partial charge >= 0.3 is 6.61 Å². The van der Waals surface area contributed by atoms with Crippen molar-refractivity contribution in [2.45, 2.75) is 26.5 Å². The molecule has 0 saturated heterocycles. The fourth-order valence-electron chi connectivity index (χ4n) is 1.56. The molecule has 19 heavy (non-hydrogen) atoms. The van der Waals surface area contributed by atoms with E-state index in [4.69, 9.17) is 0 Å². The molecule has 1 heterocycles. The lowest BCUT2D eigenvalue weighted by Gasteiger charge is -2.08. The van der Waals surface area contributed by atoms with Gasteiger partial charge in [0.2, 0.25) is 0 Å². The van der Waals surface area contributed by atoms with Crippen LogP contribution in [0.15, 0.2) is 30.5 Å². The van der Waals surface area contributed by atoms with Crippen molar-refractivity contribution in [2.75, 3.05) is 5.32 Å². The van der Waals surface area contributed by atoms with E-state index in [2.05, 4.69) is 22.0 Å². The monoisotopic (exact) mass is 284 g/mol. The summed E-state index contributed by atoms with van der Waals surface area (Å²) in [5.74, 6) is 0.151. The molecule has 0 radical (unpaired) electrons. The Kier molecular flexibility index (Phi) is 4.68. The summed E-state index contributed by atoms with van der Waals surface area (Å²) < 4.78 is 28.5. The van der Waals surface area contributed by atoms with Gasteiger partial charge in [-0.3, -0.25) is 0 Å². The first kappa shape index (κ1) is 13.7. The molecule has 0 amide bonds. The van der Waals surface area contributed by atoms with E-state index in [1.807, 2.05) is 6.20 Å². The fraction of sp³-hybridized carbons (Fsp3) is 0.308. The first-order valence-corrected chi connectivity index (χ1v) is 6.71. The van der Waals surface area contributed by atoms with Crippen LogP contribution in [0.2, 0.25) is 0 Å². The quantitative estimate of drug-likeness (QED) is 0.873. The Labute approximate surface area is 114 Å². The minimum Gasteiger partial charge on any atom is -0.435 e. The third kappa shape index (κ3) is 4.17. The third-order valence-corrected chi connectivity index (χ3v) is 3.57. The fourth-order valence-corrected chi connectivity index (χ4v) is 2.37. The van der Waals surface area contributed by atoms with Gasteiger partial charge in [0, 0.05) is 22.8 Å². The second kappa shape index (κ2) is 6.47. The van der Waals surface area contributed by atoms with Gasteiger partial charge in [-0.2, -0.15) is 8.78 Å². The number of ether oxygens (including phenoxy) is 1. The minimum absolute atomic E-state index is 0.151. The lowest BCUT2D eigenvalue weighted by Crippen LogP contribution is -2.03. The Hall–Kier alpha value is -1.69. The molecule has 0 atom stereocenters. The number of halogens is 2. The Morgan fingerprint density at radius 1 is 1.42 bits per heavy atom. The number of benzene rings is 1. The largest absolute Gasteiger partial charge is 0.435 e. The summed E-state index contributed by atoms with van der Waals surface area (Å²) in [7, 11) is 0. The van der Waals surface area contributed by atoms with Gasteiger partial charge in [0.15, 0.2) is 0 Å². The van der Waals surface area contributed by atoms with Crippen molar-refractivity contribution in [1.29, 1.82) is 0 Å². The maximum Gasteiger partial charge on any atom is 0.387 e. The number of rotatable bonds is 6. The molecule has 0 saturated carbocycles. The van der Waals surface area contributed by atoms with E-state index in [9.17, 15) is 8.78 Å². The zero-order chi connectivity index (χ0) is 13.7. The zero-order valence-electron chi connectivity index (χ0n) is 10.4. The zero-order valence-corrected chi connectivity index (χ0v) is 11.2. The summed E-state index contributed by atoms with van der Waals surface area (Å²) in [5, 5.41) is 4.25. The number of nitrogens with one attached hydrogen (secondary N) is 1. The highest BCUT2D eigenvalue weighted by atomic mass is 32.1. The Balaban J connectivity index is 1.95. The van der Waals surface area contributed by atoms with Crippen molar-refractivity contribution in [1.82, 2.24) is 4.98 Å². The number of thiazole rings is 1. The highest BCUT2D eigenvalue weighted by Gasteiger charge is 2.05. The van der Waals surface area contributed by atoms with Gasteiger partial charge < -0.3 is 10.1 Å². The minimum atomic E-state index is -2.80. The average Bonchev–Trinajstić information content (AvgIpc) is 2.84. The number of anilines is 1. The number of hydrogen-bond acceptors (Lipinski definition) is 4. The molecule has 1 aromatic heterocycles. The number of hydrogen-bond donors (Lipinski definition) is 1. The molecule has 2 rings (SSSR count).